The van der Waals surface area contributed by atoms with Crippen molar-refractivity contribution in [1.82, 2.24) is 15.5 Å². The minimum atomic E-state index is -0.184. The van der Waals surface area contributed by atoms with Crippen molar-refractivity contribution < 1.29 is 9.53 Å². The monoisotopic (exact) mass is 341 g/mol. The van der Waals surface area contributed by atoms with Crippen LogP contribution in [-0.2, 0) is 5.41 Å². The number of ether oxygens (including phenoxy) is 1. The van der Waals surface area contributed by atoms with E-state index in [1.165, 1.54) is 12.7 Å². The largest absolute Gasteiger partial charge is 0.479 e. The van der Waals surface area contributed by atoms with Gasteiger partial charge in [0.15, 0.2) is 0 Å². The van der Waals surface area contributed by atoms with Crippen LogP contribution >= 0.6 is 0 Å². The molecule has 0 bridgehead atoms. The van der Waals surface area contributed by atoms with E-state index in [4.69, 9.17) is 4.74 Å². The van der Waals surface area contributed by atoms with E-state index in [0.717, 1.165) is 12.1 Å². The lowest BCUT2D eigenvalue weighted by Crippen LogP contribution is -2.27. The Morgan fingerprint density at radius 3 is 2.48 bits per heavy atom. The van der Waals surface area contributed by atoms with Crippen LogP contribution in [0.25, 0.3) is 0 Å². The highest BCUT2D eigenvalue weighted by Crippen LogP contribution is 2.24. The molecule has 0 saturated carbocycles. The van der Waals surface area contributed by atoms with Gasteiger partial charge in [-0.05, 0) is 24.0 Å². The van der Waals surface area contributed by atoms with E-state index in [2.05, 4.69) is 34.6 Å². The third-order valence-corrected chi connectivity index (χ3v) is 4.20. The van der Waals surface area contributed by atoms with Crippen molar-refractivity contribution >= 4 is 5.91 Å². The van der Waals surface area contributed by atoms with Crippen molar-refractivity contribution in [2.75, 3.05) is 13.7 Å². The average molecular weight is 341 g/mol. The van der Waals surface area contributed by atoms with Gasteiger partial charge >= 0.3 is 0 Å². The van der Waals surface area contributed by atoms with Crippen molar-refractivity contribution in [3.8, 4) is 5.88 Å². The number of carbonyl (C=O) groups excluding carboxylic acids is 1. The standard InChI is InChI=1S/C20H27N3O2/c1-14(15-9-7-6-8-10-15)11-12-21-18(24)16-13-17(20(2,3)4)22-23-19(16)25-5/h6-10,13-14H,11-12H2,1-5H3,(H,21,24). The maximum Gasteiger partial charge on any atom is 0.256 e. The molecule has 1 amide bonds. The lowest BCUT2D eigenvalue weighted by atomic mass is 9.91. The first kappa shape index (κ1) is 18.9. The molecule has 1 aromatic heterocycles. The van der Waals surface area contributed by atoms with Gasteiger partial charge in [0.2, 0.25) is 5.88 Å². The fourth-order valence-electron chi connectivity index (χ4n) is 2.51. The highest BCUT2D eigenvalue weighted by atomic mass is 16.5. The maximum atomic E-state index is 12.6. The summed E-state index contributed by atoms with van der Waals surface area (Å²) in [5.41, 5.74) is 2.27. The number of benzene rings is 1. The summed E-state index contributed by atoms with van der Waals surface area (Å²) in [6.07, 6.45) is 0.864. The van der Waals surface area contributed by atoms with Crippen molar-refractivity contribution in [2.24, 2.45) is 0 Å². The molecule has 1 N–H and O–H groups in total. The molecule has 1 unspecified atom stereocenters. The molecule has 0 spiro atoms. The van der Waals surface area contributed by atoms with Crippen LogP contribution in [0.2, 0.25) is 0 Å². The van der Waals surface area contributed by atoms with Crippen LogP contribution in [0.4, 0.5) is 0 Å². The van der Waals surface area contributed by atoms with Crippen molar-refractivity contribution in [1.29, 1.82) is 0 Å². The Kier molecular flexibility index (Phi) is 6.12. The van der Waals surface area contributed by atoms with Gasteiger partial charge in [0.05, 0.1) is 12.8 Å². The zero-order chi connectivity index (χ0) is 18.4. The predicted octanol–water partition coefficient (Wildman–Crippen LogP) is 3.71. The zero-order valence-corrected chi connectivity index (χ0v) is 15.7. The summed E-state index contributed by atoms with van der Waals surface area (Å²) in [4.78, 5) is 12.6. The minimum absolute atomic E-state index is 0.183. The quantitative estimate of drug-likeness (QED) is 0.870. The second kappa shape index (κ2) is 8.10. The average Bonchev–Trinajstić information content (AvgIpc) is 2.60. The lowest BCUT2D eigenvalue weighted by Gasteiger charge is -2.18. The molecule has 134 valence electrons. The molecule has 0 aliphatic carbocycles. The first-order valence-electron chi connectivity index (χ1n) is 8.58. The molecule has 0 aliphatic heterocycles. The van der Waals surface area contributed by atoms with E-state index in [0.29, 0.717) is 18.0 Å². The summed E-state index contributed by atoms with van der Waals surface area (Å²) >= 11 is 0. The van der Waals surface area contributed by atoms with Gasteiger partial charge in [-0.1, -0.05) is 58.0 Å². The molecule has 1 atom stereocenters. The van der Waals surface area contributed by atoms with Crippen LogP contribution in [-0.4, -0.2) is 29.8 Å². The Balaban J connectivity index is 2.03. The van der Waals surface area contributed by atoms with Crippen LogP contribution < -0.4 is 10.1 Å². The molecular weight excluding hydrogens is 314 g/mol. The molecule has 25 heavy (non-hydrogen) atoms. The first-order chi connectivity index (χ1) is 11.8. The smallest absolute Gasteiger partial charge is 0.256 e. The van der Waals surface area contributed by atoms with E-state index < -0.39 is 0 Å². The molecule has 2 rings (SSSR count). The number of nitrogens with one attached hydrogen (secondary N) is 1. The van der Waals surface area contributed by atoms with Gasteiger partial charge in [0, 0.05) is 12.0 Å². The number of hydrogen-bond donors (Lipinski definition) is 1. The van der Waals surface area contributed by atoms with Crippen molar-refractivity contribution in [2.45, 2.75) is 45.4 Å². The van der Waals surface area contributed by atoms with Gasteiger partial charge in [-0.15, -0.1) is 5.10 Å². The maximum absolute atomic E-state index is 12.6. The normalized spacial score (nSPS) is 12.5. The van der Waals surface area contributed by atoms with Crippen LogP contribution in [0, 0.1) is 0 Å². The number of nitrogens with zero attached hydrogens (tertiary/aromatic N) is 2. The summed E-state index contributed by atoms with van der Waals surface area (Å²) in [5.74, 6) is 0.447. The summed E-state index contributed by atoms with van der Waals surface area (Å²) in [7, 11) is 1.50. The Labute approximate surface area is 149 Å². The van der Waals surface area contributed by atoms with Gasteiger partial charge in [-0.3, -0.25) is 4.79 Å². The predicted molar refractivity (Wildman–Crippen MR) is 99.1 cm³/mol. The number of carbonyl (C=O) groups is 1. The molecule has 1 heterocycles. The third-order valence-electron chi connectivity index (χ3n) is 4.20. The Morgan fingerprint density at radius 1 is 1.20 bits per heavy atom. The summed E-state index contributed by atoms with van der Waals surface area (Å²) in [6, 6.07) is 12.1. The van der Waals surface area contributed by atoms with E-state index in [1.807, 2.05) is 39.0 Å². The van der Waals surface area contributed by atoms with Gasteiger partial charge in [0.25, 0.3) is 5.91 Å². The third kappa shape index (κ3) is 5.02. The van der Waals surface area contributed by atoms with Crippen LogP contribution in [0.3, 0.4) is 0 Å². The number of aromatic nitrogens is 2. The second-order valence-electron chi connectivity index (χ2n) is 7.26. The molecule has 0 saturated heterocycles. The summed E-state index contributed by atoms with van der Waals surface area (Å²) in [5, 5.41) is 11.2. The molecule has 0 fully saturated rings. The fourth-order valence-corrected chi connectivity index (χ4v) is 2.51. The van der Waals surface area contributed by atoms with Gasteiger partial charge in [0.1, 0.15) is 5.56 Å². The topological polar surface area (TPSA) is 64.1 Å². The molecular formula is C20H27N3O2. The van der Waals surface area contributed by atoms with Gasteiger partial charge < -0.3 is 10.1 Å². The number of amides is 1. The van der Waals surface area contributed by atoms with E-state index in [1.54, 1.807) is 6.07 Å². The van der Waals surface area contributed by atoms with E-state index in [9.17, 15) is 4.79 Å². The van der Waals surface area contributed by atoms with Crippen LogP contribution in [0.5, 0.6) is 5.88 Å². The van der Waals surface area contributed by atoms with Gasteiger partial charge in [-0.25, -0.2) is 0 Å². The lowest BCUT2D eigenvalue weighted by molar-refractivity contribution is 0.0948. The fraction of sp³-hybridized carbons (Fsp3) is 0.450. The van der Waals surface area contributed by atoms with Crippen molar-refractivity contribution in [3.05, 3.63) is 53.2 Å². The molecule has 5 heteroatoms. The van der Waals surface area contributed by atoms with Crippen molar-refractivity contribution in [3.63, 3.8) is 0 Å². The Bertz CT molecular complexity index is 709. The van der Waals surface area contributed by atoms with Gasteiger partial charge in [-0.2, -0.15) is 5.10 Å². The highest BCUT2D eigenvalue weighted by Gasteiger charge is 2.22. The number of rotatable bonds is 6. The molecule has 0 radical (unpaired) electrons. The molecule has 1 aromatic carbocycles. The van der Waals surface area contributed by atoms with E-state index in [-0.39, 0.29) is 17.2 Å². The Morgan fingerprint density at radius 2 is 1.88 bits per heavy atom. The zero-order valence-electron chi connectivity index (χ0n) is 15.7. The number of methoxy groups -OCH3 is 1. The molecule has 0 aliphatic rings. The second-order valence-corrected chi connectivity index (χ2v) is 7.26. The minimum Gasteiger partial charge on any atom is -0.479 e. The Hall–Kier alpha value is -2.43. The van der Waals surface area contributed by atoms with E-state index >= 15 is 0 Å². The summed E-state index contributed by atoms with van der Waals surface area (Å²) < 4.78 is 5.20. The first-order valence-corrected chi connectivity index (χ1v) is 8.58. The summed E-state index contributed by atoms with van der Waals surface area (Å²) in [6.45, 7) is 8.85. The van der Waals surface area contributed by atoms with Crippen LogP contribution in [0.15, 0.2) is 36.4 Å². The highest BCUT2D eigenvalue weighted by molar-refractivity contribution is 5.96. The molecule has 5 nitrogen and oxygen atoms in total. The molecule has 2 aromatic rings. The van der Waals surface area contributed by atoms with Crippen LogP contribution in [0.1, 0.15) is 61.6 Å². The number of hydrogen-bond acceptors (Lipinski definition) is 4. The SMILES string of the molecule is COc1nnc(C(C)(C)C)cc1C(=O)NCCC(C)c1ccccc1.